The maximum atomic E-state index is 6.28. The number of anilines is 3. The second-order valence-electron chi connectivity index (χ2n) is 12.2. The van der Waals surface area contributed by atoms with Gasteiger partial charge in [-0.3, -0.25) is 0 Å². The molecule has 0 radical (unpaired) electrons. The summed E-state index contributed by atoms with van der Waals surface area (Å²) >= 11 is 0. The summed E-state index contributed by atoms with van der Waals surface area (Å²) in [5.41, 5.74) is 12.3. The highest BCUT2D eigenvalue weighted by molar-refractivity contribution is 6.10. The lowest BCUT2D eigenvalue weighted by molar-refractivity contribution is 0.669. The summed E-state index contributed by atoms with van der Waals surface area (Å²) in [7, 11) is 0. The third-order valence-electron chi connectivity index (χ3n) is 9.26. The monoisotopic (exact) mass is 613 g/mol. The van der Waals surface area contributed by atoms with E-state index in [0.29, 0.717) is 0 Å². The van der Waals surface area contributed by atoms with Crippen LogP contribution >= 0.6 is 0 Å². The molecule has 9 aromatic rings. The number of furan rings is 1. The van der Waals surface area contributed by atoms with Crippen LogP contribution in [0, 0.1) is 0 Å². The standard InChI is InChI=1S/C46H31NO/c1-3-11-32(12-4-1)33-19-21-34(22-20-33)35-23-26-39(27-24-35)47(44-17-9-7-15-41(44)36-13-5-2-6-14-36)40-28-25-37-30-43-42-16-8-10-18-45(42)48-46(43)31-38(37)29-40/h1-31H. The number of para-hydroxylation sites is 2. The molecule has 2 heteroatoms. The molecule has 0 saturated heterocycles. The number of hydrogen-bond donors (Lipinski definition) is 0. The molecule has 0 spiro atoms. The van der Waals surface area contributed by atoms with E-state index in [1.54, 1.807) is 0 Å². The molecule has 0 aliphatic rings. The normalized spacial score (nSPS) is 11.3. The molecule has 9 rings (SSSR count). The van der Waals surface area contributed by atoms with Crippen molar-refractivity contribution in [3.05, 3.63) is 188 Å². The Morgan fingerprint density at radius 1 is 0.333 bits per heavy atom. The molecule has 0 N–H and O–H groups in total. The molecule has 226 valence electrons. The highest BCUT2D eigenvalue weighted by Crippen LogP contribution is 2.43. The Labute approximate surface area is 279 Å². The van der Waals surface area contributed by atoms with Crippen molar-refractivity contribution in [2.75, 3.05) is 4.90 Å². The highest BCUT2D eigenvalue weighted by atomic mass is 16.3. The second-order valence-corrected chi connectivity index (χ2v) is 12.2. The van der Waals surface area contributed by atoms with Gasteiger partial charge in [0, 0.05) is 27.7 Å². The topological polar surface area (TPSA) is 16.4 Å². The van der Waals surface area contributed by atoms with Gasteiger partial charge in [-0.15, -0.1) is 0 Å². The molecule has 48 heavy (non-hydrogen) atoms. The average molecular weight is 614 g/mol. The van der Waals surface area contributed by atoms with Crippen LogP contribution in [-0.4, -0.2) is 0 Å². The van der Waals surface area contributed by atoms with Gasteiger partial charge in [-0.1, -0.05) is 140 Å². The largest absolute Gasteiger partial charge is 0.456 e. The Hall–Kier alpha value is -6.38. The molecular weight excluding hydrogens is 583 g/mol. The Bertz CT molecular complexity index is 2530. The van der Waals surface area contributed by atoms with E-state index in [2.05, 4.69) is 181 Å². The minimum atomic E-state index is 0.903. The van der Waals surface area contributed by atoms with Crippen molar-refractivity contribution < 1.29 is 4.42 Å². The fourth-order valence-corrected chi connectivity index (χ4v) is 6.84. The summed E-state index contributed by atoms with van der Waals surface area (Å²) in [4.78, 5) is 2.37. The quantitative estimate of drug-likeness (QED) is 0.185. The van der Waals surface area contributed by atoms with E-state index in [9.17, 15) is 0 Å². The van der Waals surface area contributed by atoms with E-state index in [-0.39, 0.29) is 0 Å². The van der Waals surface area contributed by atoms with Crippen LogP contribution in [0.2, 0.25) is 0 Å². The SMILES string of the molecule is c1ccc(-c2ccc(-c3ccc(N(c4ccc5cc6c(cc5c4)oc4ccccc46)c4ccccc4-c4ccccc4)cc3)cc2)cc1. The van der Waals surface area contributed by atoms with E-state index in [4.69, 9.17) is 4.42 Å². The zero-order valence-corrected chi connectivity index (χ0v) is 26.3. The fourth-order valence-electron chi connectivity index (χ4n) is 6.84. The maximum Gasteiger partial charge on any atom is 0.136 e. The molecule has 0 saturated carbocycles. The number of rotatable bonds is 6. The number of hydrogen-bond acceptors (Lipinski definition) is 2. The van der Waals surface area contributed by atoms with Crippen molar-refractivity contribution in [2.24, 2.45) is 0 Å². The van der Waals surface area contributed by atoms with Crippen molar-refractivity contribution >= 4 is 49.8 Å². The molecular formula is C46H31NO. The van der Waals surface area contributed by atoms with Gasteiger partial charge in [0.05, 0.1) is 5.69 Å². The molecule has 0 aliphatic heterocycles. The van der Waals surface area contributed by atoms with Gasteiger partial charge in [0.25, 0.3) is 0 Å². The summed E-state index contributed by atoms with van der Waals surface area (Å²) in [6, 6.07) is 67.0. The second kappa shape index (κ2) is 11.8. The van der Waals surface area contributed by atoms with Gasteiger partial charge in [0.2, 0.25) is 0 Å². The van der Waals surface area contributed by atoms with Gasteiger partial charge in [0.15, 0.2) is 0 Å². The van der Waals surface area contributed by atoms with Crippen LogP contribution in [0.15, 0.2) is 192 Å². The molecule has 0 unspecified atom stereocenters. The van der Waals surface area contributed by atoms with Crippen LogP contribution in [-0.2, 0) is 0 Å². The molecule has 8 aromatic carbocycles. The summed E-state index contributed by atoms with van der Waals surface area (Å²) in [5, 5.41) is 4.61. The van der Waals surface area contributed by atoms with Crippen LogP contribution < -0.4 is 4.90 Å². The first-order chi connectivity index (χ1) is 23.8. The van der Waals surface area contributed by atoms with E-state index < -0.39 is 0 Å². The highest BCUT2D eigenvalue weighted by Gasteiger charge is 2.18. The third kappa shape index (κ3) is 5.01. The number of nitrogens with zero attached hydrogens (tertiary/aromatic N) is 1. The van der Waals surface area contributed by atoms with E-state index in [1.165, 1.54) is 38.8 Å². The minimum Gasteiger partial charge on any atom is -0.456 e. The first-order valence-corrected chi connectivity index (χ1v) is 16.3. The predicted octanol–water partition coefficient (Wildman–Crippen LogP) is 13.2. The van der Waals surface area contributed by atoms with Crippen molar-refractivity contribution in [1.82, 2.24) is 0 Å². The van der Waals surface area contributed by atoms with Crippen LogP contribution in [0.4, 0.5) is 17.1 Å². The summed E-state index contributed by atoms with van der Waals surface area (Å²) in [6.07, 6.45) is 0. The van der Waals surface area contributed by atoms with Crippen LogP contribution in [0.25, 0.3) is 66.1 Å². The van der Waals surface area contributed by atoms with Crippen molar-refractivity contribution in [1.29, 1.82) is 0 Å². The summed E-state index contributed by atoms with van der Waals surface area (Å²) in [5.74, 6) is 0. The van der Waals surface area contributed by atoms with Crippen LogP contribution in [0.1, 0.15) is 0 Å². The Morgan fingerprint density at radius 2 is 0.896 bits per heavy atom. The van der Waals surface area contributed by atoms with Gasteiger partial charge >= 0.3 is 0 Å². The van der Waals surface area contributed by atoms with Gasteiger partial charge in [0.1, 0.15) is 11.2 Å². The smallest absolute Gasteiger partial charge is 0.136 e. The molecule has 0 bridgehead atoms. The predicted molar refractivity (Wildman–Crippen MR) is 202 cm³/mol. The Kier molecular flexibility index (Phi) is 6.84. The first-order valence-electron chi connectivity index (χ1n) is 16.3. The Balaban J connectivity index is 1.16. The maximum absolute atomic E-state index is 6.28. The molecule has 0 aliphatic carbocycles. The molecule has 2 nitrogen and oxygen atoms in total. The zero-order valence-electron chi connectivity index (χ0n) is 26.3. The third-order valence-corrected chi connectivity index (χ3v) is 9.26. The van der Waals surface area contributed by atoms with Crippen LogP contribution in [0.3, 0.4) is 0 Å². The van der Waals surface area contributed by atoms with Gasteiger partial charge < -0.3 is 9.32 Å². The summed E-state index contributed by atoms with van der Waals surface area (Å²) in [6.45, 7) is 0. The van der Waals surface area contributed by atoms with Crippen molar-refractivity contribution in [3.8, 4) is 33.4 Å². The van der Waals surface area contributed by atoms with Crippen LogP contribution in [0.5, 0.6) is 0 Å². The zero-order chi connectivity index (χ0) is 31.9. The molecule has 0 amide bonds. The van der Waals surface area contributed by atoms with E-state index in [0.717, 1.165) is 44.4 Å². The average Bonchev–Trinajstić information content (AvgIpc) is 3.52. The van der Waals surface area contributed by atoms with E-state index >= 15 is 0 Å². The number of fused-ring (bicyclic) bond motifs is 4. The van der Waals surface area contributed by atoms with E-state index in [1.807, 2.05) is 12.1 Å². The summed E-state index contributed by atoms with van der Waals surface area (Å²) < 4.78 is 6.28. The fraction of sp³-hybridized carbons (Fsp3) is 0. The van der Waals surface area contributed by atoms with Crippen molar-refractivity contribution in [3.63, 3.8) is 0 Å². The molecule has 1 aromatic heterocycles. The van der Waals surface area contributed by atoms with Crippen molar-refractivity contribution in [2.45, 2.75) is 0 Å². The van der Waals surface area contributed by atoms with Gasteiger partial charge in [-0.05, 0) is 87.1 Å². The number of benzene rings is 8. The minimum absolute atomic E-state index is 0.903. The molecule has 0 fully saturated rings. The Morgan fingerprint density at radius 3 is 1.62 bits per heavy atom. The first kappa shape index (κ1) is 27.9. The lowest BCUT2D eigenvalue weighted by Crippen LogP contribution is -2.11. The lowest BCUT2D eigenvalue weighted by Gasteiger charge is -2.28. The van der Waals surface area contributed by atoms with Gasteiger partial charge in [-0.25, -0.2) is 0 Å². The molecule has 0 atom stereocenters. The lowest BCUT2D eigenvalue weighted by atomic mass is 9.99. The molecule has 1 heterocycles. The van der Waals surface area contributed by atoms with Gasteiger partial charge in [-0.2, -0.15) is 0 Å².